The maximum absolute atomic E-state index is 3.42. The van der Waals surface area contributed by atoms with Crippen LogP contribution in [0.1, 0.15) is 34.7 Å². The first-order valence-corrected chi connectivity index (χ1v) is 9.07. The Labute approximate surface area is 143 Å². The Morgan fingerprint density at radius 3 is 2.75 bits per heavy atom. The van der Waals surface area contributed by atoms with Crippen LogP contribution in [0.15, 0.2) is 48.7 Å². The lowest BCUT2D eigenvalue weighted by atomic mass is 9.98. The fourth-order valence-corrected chi connectivity index (χ4v) is 4.88. The first kappa shape index (κ1) is 14.3. The molecule has 5 rings (SSSR count). The molecule has 122 valence electrons. The molecule has 2 fully saturated rings. The number of rotatable bonds is 3. The van der Waals surface area contributed by atoms with Gasteiger partial charge in [0.15, 0.2) is 0 Å². The van der Waals surface area contributed by atoms with Crippen LogP contribution < -0.4 is 0 Å². The number of aromatic amines is 1. The Kier molecular flexibility index (Phi) is 3.11. The van der Waals surface area contributed by atoms with Gasteiger partial charge < -0.3 is 4.98 Å². The van der Waals surface area contributed by atoms with Crippen molar-refractivity contribution in [2.45, 2.75) is 32.9 Å². The Hall–Kier alpha value is -2.06. The van der Waals surface area contributed by atoms with Crippen LogP contribution in [0.3, 0.4) is 0 Å². The molecule has 1 aliphatic heterocycles. The largest absolute Gasteiger partial charge is 0.361 e. The molecule has 2 heterocycles. The highest BCUT2D eigenvalue weighted by Gasteiger charge is 2.52. The second-order valence-electron chi connectivity index (χ2n) is 7.70. The second kappa shape index (κ2) is 5.22. The van der Waals surface area contributed by atoms with Crippen molar-refractivity contribution in [3.8, 4) is 0 Å². The van der Waals surface area contributed by atoms with Crippen molar-refractivity contribution >= 4 is 10.9 Å². The molecule has 1 saturated heterocycles. The van der Waals surface area contributed by atoms with Crippen molar-refractivity contribution in [1.29, 1.82) is 0 Å². The van der Waals surface area contributed by atoms with Crippen molar-refractivity contribution in [2.24, 2.45) is 11.8 Å². The summed E-state index contributed by atoms with van der Waals surface area (Å²) in [7, 11) is 0. The third-order valence-electron chi connectivity index (χ3n) is 6.12. The summed E-state index contributed by atoms with van der Waals surface area (Å²) in [5, 5.41) is 1.40. The van der Waals surface area contributed by atoms with Crippen LogP contribution in [-0.2, 0) is 6.54 Å². The Bertz CT molecular complexity index is 893. The molecule has 1 aromatic heterocycles. The van der Waals surface area contributed by atoms with E-state index in [0.29, 0.717) is 6.04 Å². The van der Waals surface area contributed by atoms with E-state index in [9.17, 15) is 0 Å². The van der Waals surface area contributed by atoms with E-state index in [0.717, 1.165) is 18.4 Å². The van der Waals surface area contributed by atoms with Crippen LogP contribution in [0.5, 0.6) is 0 Å². The molecule has 1 aliphatic carbocycles. The van der Waals surface area contributed by atoms with Gasteiger partial charge in [-0.2, -0.15) is 0 Å². The Morgan fingerprint density at radius 1 is 1.08 bits per heavy atom. The number of hydrogen-bond acceptors (Lipinski definition) is 1. The number of nitrogens with one attached hydrogen (secondary N) is 1. The fraction of sp³-hybridized carbons (Fsp3) is 0.364. The van der Waals surface area contributed by atoms with Gasteiger partial charge in [-0.3, -0.25) is 4.90 Å². The van der Waals surface area contributed by atoms with Crippen LogP contribution >= 0.6 is 0 Å². The zero-order valence-corrected chi connectivity index (χ0v) is 14.4. The van der Waals surface area contributed by atoms with Gasteiger partial charge >= 0.3 is 0 Å². The number of aromatic nitrogens is 1. The molecule has 0 spiro atoms. The lowest BCUT2D eigenvalue weighted by molar-refractivity contribution is 0.213. The summed E-state index contributed by atoms with van der Waals surface area (Å²) in [6.45, 7) is 6.78. The number of likely N-dealkylation sites (tertiary alicyclic amines) is 1. The molecule has 3 aromatic rings. The van der Waals surface area contributed by atoms with Crippen LogP contribution in [0.4, 0.5) is 0 Å². The standard InChI is InChI=1S/C22H24N2/c1-14-10-15(2)21-18(8-9-23-21)20(14)13-24-12-17-11-19(17)22(24)16-6-4-3-5-7-16/h3-10,17,19,22-23H,11-13H2,1-2H3. The predicted molar refractivity (Wildman–Crippen MR) is 99.0 cm³/mol. The SMILES string of the molecule is Cc1cc(C)c2[nH]ccc2c1CN1CC2CC2C1c1ccccc1. The second-order valence-corrected chi connectivity index (χ2v) is 7.70. The number of fused-ring (bicyclic) bond motifs is 2. The van der Waals surface area contributed by atoms with E-state index in [1.807, 2.05) is 0 Å². The topological polar surface area (TPSA) is 19.0 Å². The maximum Gasteiger partial charge on any atom is 0.0487 e. The molecule has 2 nitrogen and oxygen atoms in total. The maximum atomic E-state index is 3.42. The van der Waals surface area contributed by atoms with Crippen LogP contribution in [0, 0.1) is 25.7 Å². The highest BCUT2D eigenvalue weighted by molar-refractivity contribution is 5.87. The molecule has 2 aromatic carbocycles. The molecule has 1 N–H and O–H groups in total. The summed E-state index contributed by atoms with van der Waals surface area (Å²) in [6.07, 6.45) is 3.50. The van der Waals surface area contributed by atoms with Gasteiger partial charge in [-0.15, -0.1) is 0 Å². The zero-order chi connectivity index (χ0) is 16.3. The van der Waals surface area contributed by atoms with E-state index in [1.165, 1.54) is 46.1 Å². The molecule has 24 heavy (non-hydrogen) atoms. The smallest absolute Gasteiger partial charge is 0.0487 e. The third kappa shape index (κ3) is 2.13. The third-order valence-corrected chi connectivity index (χ3v) is 6.12. The number of nitrogens with zero attached hydrogens (tertiary/aromatic N) is 1. The van der Waals surface area contributed by atoms with Crippen molar-refractivity contribution in [1.82, 2.24) is 9.88 Å². The number of H-pyrrole nitrogens is 1. The van der Waals surface area contributed by atoms with Gasteiger partial charge in [-0.05, 0) is 60.4 Å². The van der Waals surface area contributed by atoms with Crippen LogP contribution in [0.25, 0.3) is 10.9 Å². The van der Waals surface area contributed by atoms with E-state index in [2.05, 4.69) is 72.4 Å². The van der Waals surface area contributed by atoms with Gasteiger partial charge in [0, 0.05) is 36.2 Å². The quantitative estimate of drug-likeness (QED) is 0.722. The van der Waals surface area contributed by atoms with Gasteiger partial charge in [0.05, 0.1) is 0 Å². The average Bonchev–Trinajstić information content (AvgIpc) is 3.03. The number of piperidine rings is 1. The van der Waals surface area contributed by atoms with Crippen molar-refractivity contribution < 1.29 is 0 Å². The van der Waals surface area contributed by atoms with Gasteiger partial charge in [0.1, 0.15) is 0 Å². The van der Waals surface area contributed by atoms with E-state index >= 15 is 0 Å². The molecule has 3 unspecified atom stereocenters. The highest BCUT2D eigenvalue weighted by atomic mass is 15.2. The summed E-state index contributed by atoms with van der Waals surface area (Å²) in [5.74, 6) is 1.79. The molecular formula is C22H24N2. The van der Waals surface area contributed by atoms with E-state index < -0.39 is 0 Å². The van der Waals surface area contributed by atoms with Crippen molar-refractivity contribution in [3.63, 3.8) is 0 Å². The summed E-state index contributed by atoms with van der Waals surface area (Å²) >= 11 is 0. The van der Waals surface area contributed by atoms with E-state index in [-0.39, 0.29) is 0 Å². The fourth-order valence-electron chi connectivity index (χ4n) is 4.88. The number of benzene rings is 2. The molecule has 0 radical (unpaired) electrons. The Morgan fingerprint density at radius 2 is 1.92 bits per heavy atom. The lowest BCUT2D eigenvalue weighted by Gasteiger charge is -2.29. The van der Waals surface area contributed by atoms with E-state index in [4.69, 9.17) is 0 Å². The minimum atomic E-state index is 0.603. The van der Waals surface area contributed by atoms with Crippen LogP contribution in [-0.4, -0.2) is 16.4 Å². The first-order chi connectivity index (χ1) is 11.7. The molecule has 0 amide bonds. The minimum Gasteiger partial charge on any atom is -0.361 e. The van der Waals surface area contributed by atoms with Crippen molar-refractivity contribution in [2.75, 3.05) is 6.54 Å². The van der Waals surface area contributed by atoms with Gasteiger partial charge in [0.25, 0.3) is 0 Å². The predicted octanol–water partition coefficient (Wildman–Crippen LogP) is 4.98. The average molecular weight is 316 g/mol. The molecule has 3 atom stereocenters. The molecule has 2 heteroatoms. The van der Waals surface area contributed by atoms with Gasteiger partial charge in [0.2, 0.25) is 0 Å². The monoisotopic (exact) mass is 316 g/mol. The number of hydrogen-bond donors (Lipinski definition) is 1. The lowest BCUT2D eigenvalue weighted by Crippen LogP contribution is -2.26. The molecular weight excluding hydrogens is 292 g/mol. The summed E-state index contributed by atoms with van der Waals surface area (Å²) in [4.78, 5) is 6.14. The zero-order valence-electron chi connectivity index (χ0n) is 14.4. The van der Waals surface area contributed by atoms with Crippen LogP contribution in [0.2, 0.25) is 0 Å². The summed E-state index contributed by atoms with van der Waals surface area (Å²) in [5.41, 5.74) is 7.07. The normalized spacial score (nSPS) is 26.0. The Balaban J connectivity index is 1.53. The van der Waals surface area contributed by atoms with Gasteiger partial charge in [-0.25, -0.2) is 0 Å². The number of aryl methyl sites for hydroxylation is 2. The van der Waals surface area contributed by atoms with E-state index in [1.54, 1.807) is 0 Å². The summed E-state index contributed by atoms with van der Waals surface area (Å²) < 4.78 is 0. The molecule has 1 saturated carbocycles. The molecule has 2 aliphatic rings. The van der Waals surface area contributed by atoms with Crippen molar-refractivity contribution in [3.05, 3.63) is 70.9 Å². The molecule has 0 bridgehead atoms. The first-order valence-electron chi connectivity index (χ1n) is 9.07. The van der Waals surface area contributed by atoms with Gasteiger partial charge in [-0.1, -0.05) is 36.4 Å². The minimum absolute atomic E-state index is 0.603. The highest BCUT2D eigenvalue weighted by Crippen LogP contribution is 2.56. The summed E-state index contributed by atoms with van der Waals surface area (Å²) in [6, 6.07) is 16.3.